The van der Waals surface area contributed by atoms with Crippen LogP contribution >= 0.6 is 11.3 Å². The van der Waals surface area contributed by atoms with E-state index in [0.717, 1.165) is 48.0 Å². The molecule has 0 amide bonds. The van der Waals surface area contributed by atoms with Crippen molar-refractivity contribution in [3.63, 3.8) is 0 Å². The van der Waals surface area contributed by atoms with E-state index in [9.17, 15) is 0 Å². The number of hydrogen-bond donors (Lipinski definition) is 0. The van der Waals surface area contributed by atoms with E-state index in [-0.39, 0.29) is 0 Å². The van der Waals surface area contributed by atoms with Gasteiger partial charge in [0.1, 0.15) is 0 Å². The fraction of sp³-hybridized carbons (Fsp3) is 0.240. The molecule has 1 aliphatic rings. The molecule has 0 atom stereocenters. The molecule has 1 aliphatic heterocycles. The van der Waals surface area contributed by atoms with Crippen molar-refractivity contribution in [2.75, 3.05) is 20.8 Å². The van der Waals surface area contributed by atoms with E-state index in [4.69, 9.17) is 14.5 Å². The van der Waals surface area contributed by atoms with Crippen molar-refractivity contribution in [2.24, 2.45) is 0 Å². The summed E-state index contributed by atoms with van der Waals surface area (Å²) in [5.41, 5.74) is 5.48. The second kappa shape index (κ2) is 9.06. The Labute approximate surface area is 191 Å². The summed E-state index contributed by atoms with van der Waals surface area (Å²) in [4.78, 5) is 17.6. The van der Waals surface area contributed by atoms with E-state index in [2.05, 4.69) is 38.4 Å². The summed E-state index contributed by atoms with van der Waals surface area (Å²) >= 11 is 1.68. The van der Waals surface area contributed by atoms with Crippen LogP contribution in [-0.2, 0) is 19.5 Å². The van der Waals surface area contributed by atoms with Crippen LogP contribution in [0.2, 0.25) is 0 Å². The molecule has 0 bridgehead atoms. The normalized spacial score (nSPS) is 13.6. The molecule has 0 saturated carbocycles. The summed E-state index contributed by atoms with van der Waals surface area (Å²) < 4.78 is 10.7. The fourth-order valence-corrected chi connectivity index (χ4v) is 4.64. The van der Waals surface area contributed by atoms with Gasteiger partial charge in [-0.2, -0.15) is 0 Å². The van der Waals surface area contributed by atoms with E-state index < -0.39 is 0 Å². The lowest BCUT2D eigenvalue weighted by atomic mass is 10.1. The molecule has 4 aromatic rings. The Morgan fingerprint density at radius 2 is 1.91 bits per heavy atom. The number of pyridine rings is 1. The molecule has 5 rings (SSSR count). The number of methoxy groups -OCH3 is 2. The molecular weight excluding hydrogens is 420 g/mol. The topological polar surface area (TPSA) is 60.4 Å². The molecule has 162 valence electrons. The molecule has 0 radical (unpaired) electrons. The van der Waals surface area contributed by atoms with E-state index in [1.54, 1.807) is 25.6 Å². The maximum atomic E-state index is 5.41. The molecule has 0 spiro atoms. The number of thiophene rings is 1. The van der Waals surface area contributed by atoms with Crippen LogP contribution < -0.4 is 9.47 Å². The average molecular weight is 445 g/mol. The van der Waals surface area contributed by atoms with Crippen LogP contribution in [0, 0.1) is 0 Å². The smallest absolute Gasteiger partial charge is 0.169 e. The number of ether oxygens (including phenoxy) is 2. The molecule has 0 fully saturated rings. The highest BCUT2D eigenvalue weighted by atomic mass is 32.1. The predicted molar refractivity (Wildman–Crippen MR) is 126 cm³/mol. The van der Waals surface area contributed by atoms with Crippen LogP contribution in [-0.4, -0.2) is 40.6 Å². The summed E-state index contributed by atoms with van der Waals surface area (Å²) in [6.07, 6.45) is 4.88. The van der Waals surface area contributed by atoms with Gasteiger partial charge in [0.05, 0.1) is 30.5 Å². The van der Waals surface area contributed by atoms with Crippen molar-refractivity contribution in [1.29, 1.82) is 0 Å². The first-order chi connectivity index (χ1) is 15.7. The van der Waals surface area contributed by atoms with Gasteiger partial charge in [-0.1, -0.05) is 12.1 Å². The number of aromatic nitrogens is 3. The molecule has 1 aromatic carbocycles. The van der Waals surface area contributed by atoms with Gasteiger partial charge in [0.2, 0.25) is 0 Å². The van der Waals surface area contributed by atoms with Gasteiger partial charge in [-0.3, -0.25) is 9.88 Å². The minimum absolute atomic E-state index is 0.701. The van der Waals surface area contributed by atoms with Crippen LogP contribution in [0.25, 0.3) is 22.0 Å². The highest BCUT2D eigenvalue weighted by Crippen LogP contribution is 2.31. The number of hydrogen-bond acceptors (Lipinski definition) is 7. The highest BCUT2D eigenvalue weighted by Gasteiger charge is 2.19. The van der Waals surface area contributed by atoms with Gasteiger partial charge >= 0.3 is 0 Å². The molecule has 0 unspecified atom stereocenters. The average Bonchev–Trinajstić information content (AvgIpc) is 3.39. The van der Waals surface area contributed by atoms with E-state index in [1.165, 1.54) is 16.8 Å². The monoisotopic (exact) mass is 444 g/mol. The zero-order valence-electron chi connectivity index (χ0n) is 18.1. The first kappa shape index (κ1) is 20.6. The molecule has 32 heavy (non-hydrogen) atoms. The molecule has 0 saturated heterocycles. The van der Waals surface area contributed by atoms with E-state index >= 15 is 0 Å². The van der Waals surface area contributed by atoms with Crippen LogP contribution in [0.3, 0.4) is 0 Å². The molecule has 6 nitrogen and oxygen atoms in total. The predicted octanol–water partition coefficient (Wildman–Crippen LogP) is 4.84. The Morgan fingerprint density at radius 1 is 1.00 bits per heavy atom. The van der Waals surface area contributed by atoms with Crippen molar-refractivity contribution in [2.45, 2.75) is 19.5 Å². The Morgan fingerprint density at radius 3 is 2.66 bits per heavy atom. The van der Waals surface area contributed by atoms with Gasteiger partial charge in [0.25, 0.3) is 0 Å². The maximum Gasteiger partial charge on any atom is 0.169 e. The molecule has 0 aliphatic carbocycles. The van der Waals surface area contributed by atoms with Gasteiger partial charge in [-0.15, -0.1) is 11.3 Å². The number of rotatable bonds is 6. The van der Waals surface area contributed by atoms with E-state index in [1.807, 2.05) is 36.7 Å². The summed E-state index contributed by atoms with van der Waals surface area (Å²) in [5, 5.41) is 2.06. The van der Waals surface area contributed by atoms with Gasteiger partial charge in [-0.05, 0) is 41.3 Å². The molecule has 3 aromatic heterocycles. The first-order valence-corrected chi connectivity index (χ1v) is 11.4. The van der Waals surface area contributed by atoms with Gasteiger partial charge < -0.3 is 9.47 Å². The Kier molecular flexibility index (Phi) is 5.83. The molecular formula is C25H24N4O2S. The first-order valence-electron chi connectivity index (χ1n) is 10.5. The van der Waals surface area contributed by atoms with Crippen LogP contribution in [0.1, 0.15) is 16.8 Å². The number of fused-ring (bicyclic) bond motifs is 1. The highest BCUT2D eigenvalue weighted by molar-refractivity contribution is 7.13. The van der Waals surface area contributed by atoms with Crippen molar-refractivity contribution in [1.82, 2.24) is 19.9 Å². The minimum atomic E-state index is 0.701. The minimum Gasteiger partial charge on any atom is -0.493 e. The van der Waals surface area contributed by atoms with E-state index in [0.29, 0.717) is 11.5 Å². The third-order valence-electron chi connectivity index (χ3n) is 5.66. The number of benzene rings is 1. The Balaban J connectivity index is 1.27. The van der Waals surface area contributed by atoms with Gasteiger partial charge in [0, 0.05) is 49.6 Å². The standard InChI is InChI=1S/C25H24N4O2S/c1-30-22-8-6-18(12-23(22)31-2)20-7-5-17(13-26-20)15-29-10-9-21-19(16-29)14-27-25(28-21)24-4-3-11-32-24/h3-8,11-14H,9-10,15-16H2,1-2H3. The summed E-state index contributed by atoms with van der Waals surface area (Å²) in [7, 11) is 3.28. The molecule has 0 N–H and O–H groups in total. The lowest BCUT2D eigenvalue weighted by molar-refractivity contribution is 0.242. The third kappa shape index (κ3) is 4.22. The lowest BCUT2D eigenvalue weighted by Crippen LogP contribution is -2.31. The zero-order valence-corrected chi connectivity index (χ0v) is 18.9. The van der Waals surface area contributed by atoms with Crippen LogP contribution in [0.5, 0.6) is 11.5 Å². The fourth-order valence-electron chi connectivity index (χ4n) is 3.98. The van der Waals surface area contributed by atoms with Crippen LogP contribution in [0.4, 0.5) is 0 Å². The summed E-state index contributed by atoms with van der Waals surface area (Å²) in [5.74, 6) is 2.25. The quantitative estimate of drug-likeness (QED) is 0.424. The summed E-state index contributed by atoms with van der Waals surface area (Å²) in [6, 6.07) is 14.2. The number of nitrogens with zero attached hydrogens (tertiary/aromatic N) is 4. The second-order valence-corrected chi connectivity index (χ2v) is 8.67. The molecule has 7 heteroatoms. The summed E-state index contributed by atoms with van der Waals surface area (Å²) in [6.45, 7) is 2.69. The van der Waals surface area contributed by atoms with Crippen LogP contribution in [0.15, 0.2) is 60.2 Å². The second-order valence-electron chi connectivity index (χ2n) is 7.72. The van der Waals surface area contributed by atoms with Crippen molar-refractivity contribution in [3.05, 3.63) is 77.1 Å². The zero-order chi connectivity index (χ0) is 21.9. The van der Waals surface area contributed by atoms with Gasteiger partial charge in [-0.25, -0.2) is 9.97 Å². The van der Waals surface area contributed by atoms with Crippen molar-refractivity contribution in [3.8, 4) is 33.5 Å². The van der Waals surface area contributed by atoms with Gasteiger partial charge in [0.15, 0.2) is 17.3 Å². The largest absolute Gasteiger partial charge is 0.493 e. The SMILES string of the molecule is COc1ccc(-c2ccc(CN3CCc4nc(-c5cccs5)ncc4C3)cn2)cc1OC. The third-order valence-corrected chi connectivity index (χ3v) is 6.53. The van der Waals surface area contributed by atoms with Crippen molar-refractivity contribution < 1.29 is 9.47 Å². The molecule has 4 heterocycles. The maximum absolute atomic E-state index is 5.41. The Bertz CT molecular complexity index is 1210. The van der Waals surface area contributed by atoms with Crippen molar-refractivity contribution >= 4 is 11.3 Å². The Hall–Kier alpha value is -3.29. The lowest BCUT2D eigenvalue weighted by Gasteiger charge is -2.28.